The molecule has 0 aromatic heterocycles. The third kappa shape index (κ3) is 2.29. The highest BCUT2D eigenvalue weighted by molar-refractivity contribution is 6.62. The van der Waals surface area contributed by atoms with Crippen molar-refractivity contribution in [2.24, 2.45) is 0 Å². The second-order valence-corrected chi connectivity index (χ2v) is 5.67. The van der Waals surface area contributed by atoms with Gasteiger partial charge in [-0.05, 0) is 33.8 Å². The molecule has 1 aromatic carbocycles. The van der Waals surface area contributed by atoms with Crippen molar-refractivity contribution in [1.29, 1.82) is 0 Å². The SMILES string of the molecule is CC1(C)OB(c2cc(F)c([N+](=O)[O-])cc2F)OC1(C)C. The maximum atomic E-state index is 13.9. The van der Waals surface area contributed by atoms with Gasteiger partial charge in [0.1, 0.15) is 5.82 Å². The van der Waals surface area contributed by atoms with E-state index in [1.807, 2.05) is 0 Å². The van der Waals surface area contributed by atoms with Gasteiger partial charge in [-0.15, -0.1) is 0 Å². The Balaban J connectivity index is 2.41. The zero-order valence-corrected chi connectivity index (χ0v) is 11.6. The first-order valence-electron chi connectivity index (χ1n) is 6.04. The van der Waals surface area contributed by atoms with Gasteiger partial charge in [-0.2, -0.15) is 4.39 Å². The van der Waals surface area contributed by atoms with E-state index in [9.17, 15) is 18.9 Å². The lowest BCUT2D eigenvalue weighted by Crippen LogP contribution is -2.41. The van der Waals surface area contributed by atoms with Crippen LogP contribution in [-0.4, -0.2) is 23.2 Å². The van der Waals surface area contributed by atoms with E-state index in [1.54, 1.807) is 27.7 Å². The summed E-state index contributed by atoms with van der Waals surface area (Å²) in [5, 5.41) is 10.5. The minimum atomic E-state index is -1.12. The molecular formula is C12H14BF2NO4. The molecule has 0 N–H and O–H groups in total. The van der Waals surface area contributed by atoms with Crippen LogP contribution in [0.3, 0.4) is 0 Å². The molecule has 0 bridgehead atoms. The molecule has 108 valence electrons. The quantitative estimate of drug-likeness (QED) is 0.474. The second-order valence-electron chi connectivity index (χ2n) is 5.67. The molecule has 1 fully saturated rings. The Kier molecular flexibility index (Phi) is 3.34. The van der Waals surface area contributed by atoms with Crippen molar-refractivity contribution < 1.29 is 23.0 Å². The Morgan fingerprint density at radius 2 is 1.60 bits per heavy atom. The maximum Gasteiger partial charge on any atom is 0.497 e. The van der Waals surface area contributed by atoms with Crippen LogP contribution >= 0.6 is 0 Å². The van der Waals surface area contributed by atoms with Crippen LogP contribution in [0.15, 0.2) is 12.1 Å². The second kappa shape index (κ2) is 4.49. The van der Waals surface area contributed by atoms with E-state index >= 15 is 0 Å². The topological polar surface area (TPSA) is 61.6 Å². The fraction of sp³-hybridized carbons (Fsp3) is 0.500. The van der Waals surface area contributed by atoms with E-state index in [-0.39, 0.29) is 5.46 Å². The van der Waals surface area contributed by atoms with Gasteiger partial charge in [0.05, 0.1) is 22.2 Å². The van der Waals surface area contributed by atoms with E-state index in [0.717, 1.165) is 6.07 Å². The zero-order chi connectivity index (χ0) is 15.3. The largest absolute Gasteiger partial charge is 0.497 e. The van der Waals surface area contributed by atoms with E-state index < -0.39 is 40.6 Å². The number of benzene rings is 1. The Hall–Kier alpha value is -1.54. The van der Waals surface area contributed by atoms with E-state index in [2.05, 4.69) is 0 Å². The molecule has 0 spiro atoms. The third-order valence-corrected chi connectivity index (χ3v) is 3.77. The Bertz CT molecular complexity index is 561. The van der Waals surface area contributed by atoms with Crippen molar-refractivity contribution in [3.8, 4) is 0 Å². The fourth-order valence-electron chi connectivity index (χ4n) is 1.84. The predicted octanol–water partition coefficient (Wildman–Crippen LogP) is 2.17. The number of nitrogens with zero attached hydrogens (tertiary/aromatic N) is 1. The molecule has 5 nitrogen and oxygen atoms in total. The van der Waals surface area contributed by atoms with Gasteiger partial charge in [0.25, 0.3) is 0 Å². The van der Waals surface area contributed by atoms with Crippen LogP contribution in [0.25, 0.3) is 0 Å². The van der Waals surface area contributed by atoms with Crippen molar-refractivity contribution >= 4 is 18.3 Å². The van der Waals surface area contributed by atoms with Gasteiger partial charge >= 0.3 is 12.8 Å². The highest BCUT2D eigenvalue weighted by Crippen LogP contribution is 2.36. The van der Waals surface area contributed by atoms with Crippen molar-refractivity contribution in [3.63, 3.8) is 0 Å². The summed E-state index contributed by atoms with van der Waals surface area (Å²) in [5.41, 5.74) is -2.51. The lowest BCUT2D eigenvalue weighted by molar-refractivity contribution is -0.387. The molecule has 1 saturated heterocycles. The number of nitro benzene ring substituents is 1. The van der Waals surface area contributed by atoms with Crippen molar-refractivity contribution in [2.45, 2.75) is 38.9 Å². The first-order valence-corrected chi connectivity index (χ1v) is 6.04. The first-order chi connectivity index (χ1) is 9.05. The molecule has 0 unspecified atom stereocenters. The maximum absolute atomic E-state index is 13.9. The van der Waals surface area contributed by atoms with Gasteiger partial charge in [-0.25, -0.2) is 4.39 Å². The van der Waals surface area contributed by atoms with Crippen LogP contribution in [-0.2, 0) is 9.31 Å². The number of hydrogen-bond donors (Lipinski definition) is 0. The van der Waals surface area contributed by atoms with Crippen LogP contribution < -0.4 is 5.46 Å². The van der Waals surface area contributed by atoms with Crippen LogP contribution in [0.4, 0.5) is 14.5 Å². The standard InChI is InChI=1S/C12H14BF2NO4/c1-11(2)12(3,4)20-13(19-11)7-5-9(15)10(16(17)18)6-8(7)14/h5-6H,1-4H3. The van der Waals surface area contributed by atoms with Gasteiger partial charge in [0.2, 0.25) is 0 Å². The molecule has 1 aromatic rings. The molecule has 0 atom stereocenters. The number of hydrogen-bond acceptors (Lipinski definition) is 4. The van der Waals surface area contributed by atoms with Crippen LogP contribution in [0.1, 0.15) is 27.7 Å². The Morgan fingerprint density at radius 1 is 1.10 bits per heavy atom. The summed E-state index contributed by atoms with van der Waals surface area (Å²) in [6.45, 7) is 7.08. The third-order valence-electron chi connectivity index (χ3n) is 3.77. The normalized spacial score (nSPS) is 20.2. The monoisotopic (exact) mass is 285 g/mol. The highest BCUT2D eigenvalue weighted by Gasteiger charge is 2.52. The zero-order valence-electron chi connectivity index (χ0n) is 11.6. The molecule has 0 saturated carbocycles. The molecule has 20 heavy (non-hydrogen) atoms. The molecule has 1 aliphatic rings. The van der Waals surface area contributed by atoms with Gasteiger partial charge in [0.15, 0.2) is 5.82 Å². The molecule has 8 heteroatoms. The molecule has 1 heterocycles. The predicted molar refractivity (Wildman–Crippen MR) is 68.7 cm³/mol. The van der Waals surface area contributed by atoms with E-state index in [1.165, 1.54) is 0 Å². The van der Waals surface area contributed by atoms with Crippen LogP contribution in [0, 0.1) is 21.7 Å². The average Bonchev–Trinajstić information content (AvgIpc) is 2.50. The summed E-state index contributed by atoms with van der Waals surface area (Å²) >= 11 is 0. The van der Waals surface area contributed by atoms with Crippen LogP contribution in [0.2, 0.25) is 0 Å². The van der Waals surface area contributed by atoms with Crippen molar-refractivity contribution in [2.75, 3.05) is 0 Å². The highest BCUT2D eigenvalue weighted by atomic mass is 19.1. The summed E-state index contributed by atoms with van der Waals surface area (Å²) in [5.74, 6) is -2.06. The summed E-state index contributed by atoms with van der Waals surface area (Å²) in [6.07, 6.45) is 0. The summed E-state index contributed by atoms with van der Waals surface area (Å²) in [6, 6.07) is 1.28. The first kappa shape index (κ1) is 14.9. The van der Waals surface area contributed by atoms with Crippen LogP contribution in [0.5, 0.6) is 0 Å². The summed E-state index contributed by atoms with van der Waals surface area (Å²) < 4.78 is 38.7. The van der Waals surface area contributed by atoms with Crippen molar-refractivity contribution in [3.05, 3.63) is 33.9 Å². The molecular weight excluding hydrogens is 271 g/mol. The Morgan fingerprint density at radius 3 is 2.05 bits per heavy atom. The molecule has 0 radical (unpaired) electrons. The number of nitro groups is 1. The molecule has 1 aliphatic heterocycles. The minimum Gasteiger partial charge on any atom is -0.399 e. The van der Waals surface area contributed by atoms with E-state index in [0.29, 0.717) is 6.07 Å². The summed E-state index contributed by atoms with van der Waals surface area (Å²) in [7, 11) is -1.10. The number of halogens is 2. The average molecular weight is 285 g/mol. The fourth-order valence-corrected chi connectivity index (χ4v) is 1.84. The summed E-state index contributed by atoms with van der Waals surface area (Å²) in [4.78, 5) is 9.57. The molecule has 0 amide bonds. The Labute approximate surface area is 115 Å². The molecule has 0 aliphatic carbocycles. The lowest BCUT2D eigenvalue weighted by atomic mass is 9.78. The molecule has 2 rings (SSSR count). The van der Waals surface area contributed by atoms with Gasteiger partial charge in [-0.3, -0.25) is 10.1 Å². The minimum absolute atomic E-state index is 0.188. The van der Waals surface area contributed by atoms with Gasteiger partial charge in [0, 0.05) is 5.46 Å². The van der Waals surface area contributed by atoms with Gasteiger partial charge < -0.3 is 9.31 Å². The smallest absolute Gasteiger partial charge is 0.399 e. The van der Waals surface area contributed by atoms with Gasteiger partial charge in [-0.1, -0.05) is 0 Å². The lowest BCUT2D eigenvalue weighted by Gasteiger charge is -2.32. The van der Waals surface area contributed by atoms with E-state index in [4.69, 9.17) is 9.31 Å². The number of rotatable bonds is 2. The van der Waals surface area contributed by atoms with Crippen molar-refractivity contribution in [1.82, 2.24) is 0 Å².